The Morgan fingerprint density at radius 2 is 2.00 bits per heavy atom. The fourth-order valence-corrected chi connectivity index (χ4v) is 5.24. The SMILES string of the molecule is Cc1nc(C)c(-c2nc3c(C4CC4)nccc3s2)c(NC2CCC(C=O)C2)n1. The molecule has 1 N–H and O–H groups in total. The third-order valence-electron chi connectivity index (χ3n) is 5.72. The molecule has 28 heavy (non-hydrogen) atoms. The molecule has 5 rings (SSSR count). The molecule has 144 valence electrons. The number of hydrogen-bond donors (Lipinski definition) is 1. The normalized spacial score (nSPS) is 21.9. The molecule has 0 aromatic carbocycles. The van der Waals surface area contributed by atoms with Crippen molar-refractivity contribution in [3.8, 4) is 10.6 Å². The molecule has 2 fully saturated rings. The third-order valence-corrected chi connectivity index (χ3v) is 6.76. The van der Waals surface area contributed by atoms with Crippen LogP contribution in [0.15, 0.2) is 12.3 Å². The van der Waals surface area contributed by atoms with Gasteiger partial charge in [0.25, 0.3) is 0 Å². The molecule has 3 aromatic heterocycles. The summed E-state index contributed by atoms with van der Waals surface area (Å²) in [5.74, 6) is 2.29. The number of thiazole rings is 1. The lowest BCUT2D eigenvalue weighted by atomic mass is 10.1. The van der Waals surface area contributed by atoms with Gasteiger partial charge in [-0.05, 0) is 52.0 Å². The van der Waals surface area contributed by atoms with Crippen LogP contribution in [0.4, 0.5) is 5.82 Å². The summed E-state index contributed by atoms with van der Waals surface area (Å²) >= 11 is 1.68. The van der Waals surface area contributed by atoms with Crippen molar-refractivity contribution in [3.05, 3.63) is 29.5 Å². The predicted molar refractivity (Wildman–Crippen MR) is 111 cm³/mol. The van der Waals surface area contributed by atoms with E-state index in [9.17, 15) is 4.79 Å². The minimum absolute atomic E-state index is 0.152. The zero-order valence-electron chi connectivity index (χ0n) is 16.1. The van der Waals surface area contributed by atoms with E-state index in [0.717, 1.165) is 64.7 Å². The number of carbonyl (C=O) groups is 1. The monoisotopic (exact) mass is 393 g/mol. The third kappa shape index (κ3) is 3.17. The standard InChI is InChI=1S/C21H23N5OS/c1-11-17(20(24-12(2)23-11)25-15-6-3-13(9-15)10-27)21-26-19-16(28-21)7-8-22-18(19)14-4-5-14/h7-8,10,13-15H,3-6,9H2,1-2H3,(H,23,24,25). The minimum Gasteiger partial charge on any atom is -0.367 e. The molecule has 2 aliphatic carbocycles. The Morgan fingerprint density at radius 3 is 2.75 bits per heavy atom. The molecule has 2 atom stereocenters. The van der Waals surface area contributed by atoms with Crippen LogP contribution in [0, 0.1) is 19.8 Å². The van der Waals surface area contributed by atoms with Gasteiger partial charge in [0.15, 0.2) is 0 Å². The molecule has 0 bridgehead atoms. The largest absolute Gasteiger partial charge is 0.367 e. The smallest absolute Gasteiger partial charge is 0.140 e. The highest BCUT2D eigenvalue weighted by atomic mass is 32.1. The highest BCUT2D eigenvalue weighted by molar-refractivity contribution is 7.21. The average Bonchev–Trinajstić information content (AvgIpc) is 3.26. The molecular weight excluding hydrogens is 370 g/mol. The lowest BCUT2D eigenvalue weighted by molar-refractivity contribution is -0.110. The van der Waals surface area contributed by atoms with Crippen LogP contribution in [0.3, 0.4) is 0 Å². The zero-order chi connectivity index (χ0) is 19.3. The van der Waals surface area contributed by atoms with Gasteiger partial charge in [-0.15, -0.1) is 11.3 Å². The molecule has 7 heteroatoms. The summed E-state index contributed by atoms with van der Waals surface area (Å²) in [6, 6.07) is 2.31. The predicted octanol–water partition coefficient (Wildman–Crippen LogP) is 4.42. The first-order chi connectivity index (χ1) is 13.6. The van der Waals surface area contributed by atoms with Crippen LogP contribution in [0.25, 0.3) is 20.8 Å². The molecule has 0 radical (unpaired) electrons. The van der Waals surface area contributed by atoms with E-state index in [1.807, 2.05) is 26.1 Å². The molecule has 2 saturated carbocycles. The number of anilines is 1. The Kier molecular flexibility index (Phi) is 4.34. The summed E-state index contributed by atoms with van der Waals surface area (Å²) in [7, 11) is 0. The molecular formula is C21H23N5OS. The van der Waals surface area contributed by atoms with E-state index in [-0.39, 0.29) is 12.0 Å². The topological polar surface area (TPSA) is 80.7 Å². The van der Waals surface area contributed by atoms with Crippen LogP contribution in [0.2, 0.25) is 0 Å². The Hall–Kier alpha value is -2.41. The van der Waals surface area contributed by atoms with Crippen LogP contribution in [0.1, 0.15) is 55.2 Å². The fraction of sp³-hybridized carbons (Fsp3) is 0.476. The Morgan fingerprint density at radius 1 is 1.14 bits per heavy atom. The lowest BCUT2D eigenvalue weighted by Gasteiger charge is -2.17. The number of nitrogens with one attached hydrogen (secondary N) is 1. The van der Waals surface area contributed by atoms with E-state index in [1.165, 1.54) is 17.5 Å². The maximum Gasteiger partial charge on any atom is 0.140 e. The maximum absolute atomic E-state index is 11.1. The maximum atomic E-state index is 11.1. The van der Waals surface area contributed by atoms with Gasteiger partial charge >= 0.3 is 0 Å². The number of nitrogens with zero attached hydrogens (tertiary/aromatic N) is 4. The number of aldehydes is 1. The fourth-order valence-electron chi connectivity index (χ4n) is 4.17. The first kappa shape index (κ1) is 17.7. The van der Waals surface area contributed by atoms with Crippen molar-refractivity contribution in [2.75, 3.05) is 5.32 Å². The van der Waals surface area contributed by atoms with Crippen molar-refractivity contribution >= 4 is 33.7 Å². The second kappa shape index (κ2) is 6.88. The first-order valence-corrected chi connectivity index (χ1v) is 10.8. The quantitative estimate of drug-likeness (QED) is 0.646. The molecule has 2 aliphatic rings. The molecule has 3 aromatic rings. The van der Waals surface area contributed by atoms with Gasteiger partial charge in [0.1, 0.15) is 28.5 Å². The number of carbonyl (C=O) groups excluding carboxylic acids is 1. The Balaban J connectivity index is 1.57. The van der Waals surface area contributed by atoms with E-state index in [0.29, 0.717) is 5.92 Å². The minimum atomic E-state index is 0.152. The van der Waals surface area contributed by atoms with Crippen molar-refractivity contribution in [2.24, 2.45) is 5.92 Å². The number of hydrogen-bond acceptors (Lipinski definition) is 7. The van der Waals surface area contributed by atoms with Crippen LogP contribution < -0.4 is 5.32 Å². The van der Waals surface area contributed by atoms with Crippen LogP contribution in [-0.2, 0) is 4.79 Å². The zero-order valence-corrected chi connectivity index (χ0v) is 16.9. The number of pyridine rings is 1. The highest BCUT2D eigenvalue weighted by Crippen LogP contribution is 2.44. The summed E-state index contributed by atoms with van der Waals surface area (Å²) in [6.07, 6.45) is 8.18. The van der Waals surface area contributed by atoms with Crippen molar-refractivity contribution in [1.29, 1.82) is 0 Å². The van der Waals surface area contributed by atoms with E-state index < -0.39 is 0 Å². The molecule has 0 spiro atoms. The van der Waals surface area contributed by atoms with Crippen LogP contribution in [0.5, 0.6) is 0 Å². The summed E-state index contributed by atoms with van der Waals surface area (Å²) in [5, 5.41) is 4.53. The summed E-state index contributed by atoms with van der Waals surface area (Å²) in [6.45, 7) is 3.93. The van der Waals surface area contributed by atoms with E-state index in [2.05, 4.69) is 15.3 Å². The number of aromatic nitrogens is 4. The van der Waals surface area contributed by atoms with Gasteiger partial charge in [-0.3, -0.25) is 4.98 Å². The van der Waals surface area contributed by atoms with Crippen molar-refractivity contribution < 1.29 is 4.79 Å². The van der Waals surface area contributed by atoms with Gasteiger partial charge < -0.3 is 10.1 Å². The summed E-state index contributed by atoms with van der Waals surface area (Å²) < 4.78 is 1.17. The number of fused-ring (bicyclic) bond motifs is 1. The highest BCUT2D eigenvalue weighted by Gasteiger charge is 2.29. The molecule has 0 amide bonds. The molecule has 6 nitrogen and oxygen atoms in total. The van der Waals surface area contributed by atoms with Crippen molar-refractivity contribution in [2.45, 2.75) is 57.9 Å². The Bertz CT molecular complexity index is 1060. The lowest BCUT2D eigenvalue weighted by Crippen LogP contribution is -2.18. The van der Waals surface area contributed by atoms with E-state index >= 15 is 0 Å². The van der Waals surface area contributed by atoms with E-state index in [1.54, 1.807) is 11.3 Å². The molecule has 0 aliphatic heterocycles. The summed E-state index contributed by atoms with van der Waals surface area (Å²) in [5.41, 5.74) is 4.06. The van der Waals surface area contributed by atoms with Gasteiger partial charge in [0, 0.05) is 24.1 Å². The summed E-state index contributed by atoms with van der Waals surface area (Å²) in [4.78, 5) is 30.0. The van der Waals surface area contributed by atoms with Gasteiger partial charge in [-0.25, -0.2) is 15.0 Å². The van der Waals surface area contributed by atoms with Crippen LogP contribution >= 0.6 is 11.3 Å². The van der Waals surface area contributed by atoms with Gasteiger partial charge in [0.05, 0.1) is 21.7 Å². The van der Waals surface area contributed by atoms with Gasteiger partial charge in [0.2, 0.25) is 0 Å². The van der Waals surface area contributed by atoms with E-state index in [4.69, 9.17) is 9.97 Å². The molecule has 0 saturated heterocycles. The van der Waals surface area contributed by atoms with Crippen molar-refractivity contribution in [3.63, 3.8) is 0 Å². The number of rotatable bonds is 5. The first-order valence-electron chi connectivity index (χ1n) is 9.95. The second-order valence-corrected chi connectivity index (χ2v) is 9.00. The molecule has 2 unspecified atom stereocenters. The number of aryl methyl sites for hydroxylation is 2. The molecule has 3 heterocycles. The van der Waals surface area contributed by atoms with Gasteiger partial charge in [-0.2, -0.15) is 0 Å². The second-order valence-electron chi connectivity index (χ2n) is 7.97. The van der Waals surface area contributed by atoms with Crippen LogP contribution in [-0.4, -0.2) is 32.3 Å². The average molecular weight is 394 g/mol. The van der Waals surface area contributed by atoms with Gasteiger partial charge in [-0.1, -0.05) is 0 Å². The Labute approximate surface area is 167 Å². The van der Waals surface area contributed by atoms with Crippen molar-refractivity contribution in [1.82, 2.24) is 19.9 Å².